The Balaban J connectivity index is 1.63. The molecule has 0 aliphatic carbocycles. The number of carbonyl (C=O) groups excluding carboxylic acids is 1. The molecule has 30 heavy (non-hydrogen) atoms. The molecule has 0 saturated heterocycles. The molecule has 0 unspecified atom stereocenters. The number of nitrogens with zero attached hydrogens (tertiary/aromatic N) is 2. The second-order valence-electron chi connectivity index (χ2n) is 7.21. The molecule has 4 aromatic rings. The minimum atomic E-state index is -0.122. The summed E-state index contributed by atoms with van der Waals surface area (Å²) in [6.45, 7) is 5.95. The van der Waals surface area contributed by atoms with Crippen LogP contribution in [-0.4, -0.2) is 20.7 Å². The Kier molecular flexibility index (Phi) is 5.35. The molecule has 4 rings (SSSR count). The van der Waals surface area contributed by atoms with Crippen molar-refractivity contribution < 1.29 is 4.79 Å². The third kappa shape index (κ3) is 3.96. The molecule has 0 fully saturated rings. The highest BCUT2D eigenvalue weighted by molar-refractivity contribution is 5.99. The molecule has 2 heterocycles. The highest BCUT2D eigenvalue weighted by Crippen LogP contribution is 2.25. The minimum Gasteiger partial charge on any atom is -0.361 e. The van der Waals surface area contributed by atoms with Crippen molar-refractivity contribution in [3.8, 4) is 11.1 Å². The summed E-state index contributed by atoms with van der Waals surface area (Å²) in [5.74, 6) is -0.122. The Morgan fingerprint density at radius 3 is 2.77 bits per heavy atom. The third-order valence-electron chi connectivity index (χ3n) is 5.15. The second-order valence-corrected chi connectivity index (χ2v) is 7.21. The highest BCUT2D eigenvalue weighted by Gasteiger charge is 2.10. The van der Waals surface area contributed by atoms with Crippen LogP contribution in [0.4, 0.5) is 0 Å². The van der Waals surface area contributed by atoms with E-state index in [4.69, 9.17) is 0 Å². The zero-order valence-corrected chi connectivity index (χ0v) is 17.1. The normalized spacial score (nSPS) is 11.6. The van der Waals surface area contributed by atoms with E-state index in [0.29, 0.717) is 12.0 Å². The molecule has 2 N–H and O–H groups in total. The van der Waals surface area contributed by atoms with Gasteiger partial charge in [-0.25, -0.2) is 0 Å². The largest absolute Gasteiger partial charge is 0.361 e. The van der Waals surface area contributed by atoms with Crippen molar-refractivity contribution in [3.63, 3.8) is 0 Å². The molecule has 0 aliphatic heterocycles. The van der Waals surface area contributed by atoms with E-state index < -0.39 is 0 Å². The predicted molar refractivity (Wildman–Crippen MR) is 123 cm³/mol. The maximum Gasteiger partial charge on any atom is 0.255 e. The van der Waals surface area contributed by atoms with Gasteiger partial charge < -0.3 is 10.3 Å². The van der Waals surface area contributed by atoms with Crippen LogP contribution in [0, 0.1) is 0 Å². The average Bonchev–Trinajstić information content (AvgIpc) is 3.41. The Hall–Kier alpha value is -3.86. The van der Waals surface area contributed by atoms with Crippen LogP contribution in [0.3, 0.4) is 0 Å². The highest BCUT2D eigenvalue weighted by atomic mass is 16.1. The number of fused-ring (bicyclic) bond motifs is 1. The van der Waals surface area contributed by atoms with Crippen molar-refractivity contribution in [2.45, 2.75) is 13.3 Å². The zero-order chi connectivity index (χ0) is 21.1. The third-order valence-corrected chi connectivity index (χ3v) is 5.15. The molecule has 0 spiro atoms. The fourth-order valence-corrected chi connectivity index (χ4v) is 3.46. The lowest BCUT2D eigenvalue weighted by Gasteiger charge is -2.11. The quantitative estimate of drug-likeness (QED) is 0.459. The van der Waals surface area contributed by atoms with E-state index in [1.54, 1.807) is 4.68 Å². The van der Waals surface area contributed by atoms with Gasteiger partial charge >= 0.3 is 0 Å². The number of aromatic nitrogens is 3. The number of carbonyl (C=O) groups is 1. The Morgan fingerprint density at radius 1 is 1.17 bits per heavy atom. The van der Waals surface area contributed by atoms with Gasteiger partial charge in [-0.1, -0.05) is 37.8 Å². The molecule has 0 atom stereocenters. The topological polar surface area (TPSA) is 62.7 Å². The lowest BCUT2D eigenvalue weighted by atomic mass is 9.99. The predicted octanol–water partition coefficient (Wildman–Crippen LogP) is 5.39. The lowest BCUT2D eigenvalue weighted by Crippen LogP contribution is -2.22. The summed E-state index contributed by atoms with van der Waals surface area (Å²) in [5, 5.41) is 8.40. The molecule has 5 nitrogen and oxygen atoms in total. The van der Waals surface area contributed by atoms with E-state index >= 15 is 0 Å². The maximum absolute atomic E-state index is 12.8. The average molecular weight is 396 g/mol. The van der Waals surface area contributed by atoms with Gasteiger partial charge in [-0.05, 0) is 58.8 Å². The number of H-pyrrole nitrogens is 1. The maximum atomic E-state index is 12.8. The smallest absolute Gasteiger partial charge is 0.255 e. The molecule has 0 bridgehead atoms. The van der Waals surface area contributed by atoms with Gasteiger partial charge in [0.1, 0.15) is 0 Å². The van der Waals surface area contributed by atoms with Gasteiger partial charge in [0.05, 0.1) is 6.20 Å². The number of rotatable bonds is 6. The summed E-state index contributed by atoms with van der Waals surface area (Å²) < 4.78 is 1.78. The summed E-state index contributed by atoms with van der Waals surface area (Å²) in [6, 6.07) is 13.8. The van der Waals surface area contributed by atoms with E-state index in [1.807, 2.05) is 75.0 Å². The molecule has 0 saturated carbocycles. The Labute approximate surface area is 175 Å². The SMILES string of the molecule is C=Cc1ccc(-c2cnn(C)c2)cc1/C=C(\CC)NC(=O)c1ccc2cc[nH]c2c1. The molecule has 2 aromatic heterocycles. The van der Waals surface area contributed by atoms with Crippen molar-refractivity contribution in [3.05, 3.63) is 90.0 Å². The minimum absolute atomic E-state index is 0.122. The van der Waals surface area contributed by atoms with Gasteiger partial charge in [0.2, 0.25) is 0 Å². The zero-order valence-electron chi connectivity index (χ0n) is 17.1. The first-order valence-electron chi connectivity index (χ1n) is 9.92. The molecule has 0 radical (unpaired) electrons. The van der Waals surface area contributed by atoms with Crippen molar-refractivity contribution in [2.75, 3.05) is 0 Å². The van der Waals surface area contributed by atoms with E-state index in [1.165, 1.54) is 0 Å². The molecule has 2 aromatic carbocycles. The molecular formula is C25H24N4O. The van der Waals surface area contributed by atoms with Crippen molar-refractivity contribution in [1.29, 1.82) is 0 Å². The lowest BCUT2D eigenvalue weighted by molar-refractivity contribution is 0.0965. The molecular weight excluding hydrogens is 372 g/mol. The van der Waals surface area contributed by atoms with E-state index in [-0.39, 0.29) is 5.91 Å². The van der Waals surface area contributed by atoms with E-state index in [9.17, 15) is 4.79 Å². The Bertz CT molecular complexity index is 1260. The molecule has 0 aliphatic rings. The number of nitrogens with one attached hydrogen (secondary N) is 2. The standard InChI is InChI=1S/C25H24N4O/c1-4-17-6-8-19(22-15-27-29(3)16-22)12-21(17)13-23(5-2)28-25(30)20-9-7-18-10-11-26-24(18)14-20/h4,6-16,26H,1,5H2,2-3H3,(H,28,30)/b23-13+. The van der Waals surface area contributed by atoms with Crippen LogP contribution in [0.15, 0.2) is 73.3 Å². The molecule has 1 amide bonds. The number of hydrogen-bond acceptors (Lipinski definition) is 2. The van der Waals surface area contributed by atoms with E-state index in [0.717, 1.165) is 38.9 Å². The first kappa shape index (κ1) is 19.5. The van der Waals surface area contributed by atoms with E-state index in [2.05, 4.69) is 34.1 Å². The number of aromatic amines is 1. The summed E-state index contributed by atoms with van der Waals surface area (Å²) in [4.78, 5) is 16.0. The van der Waals surface area contributed by atoms with Crippen molar-refractivity contribution >= 4 is 29.0 Å². The van der Waals surface area contributed by atoms with Crippen LogP contribution in [0.1, 0.15) is 34.8 Å². The summed E-state index contributed by atoms with van der Waals surface area (Å²) in [7, 11) is 1.90. The first-order valence-corrected chi connectivity index (χ1v) is 9.92. The van der Waals surface area contributed by atoms with Crippen molar-refractivity contribution in [2.24, 2.45) is 7.05 Å². The van der Waals surface area contributed by atoms with Crippen LogP contribution in [0.25, 0.3) is 34.2 Å². The number of amides is 1. The number of hydrogen-bond donors (Lipinski definition) is 2. The number of benzene rings is 2. The summed E-state index contributed by atoms with van der Waals surface area (Å²) >= 11 is 0. The van der Waals surface area contributed by atoms with Gasteiger partial charge in [0, 0.05) is 41.8 Å². The van der Waals surface area contributed by atoms with Crippen LogP contribution >= 0.6 is 0 Å². The van der Waals surface area contributed by atoms with Gasteiger partial charge in [0.25, 0.3) is 5.91 Å². The van der Waals surface area contributed by atoms with Gasteiger partial charge in [0.15, 0.2) is 0 Å². The summed E-state index contributed by atoms with van der Waals surface area (Å²) in [6.07, 6.45) is 10.2. The van der Waals surface area contributed by atoms with Gasteiger partial charge in [-0.2, -0.15) is 5.10 Å². The fourth-order valence-electron chi connectivity index (χ4n) is 3.46. The van der Waals surface area contributed by atoms with Crippen molar-refractivity contribution in [1.82, 2.24) is 20.1 Å². The van der Waals surface area contributed by atoms with Crippen LogP contribution in [-0.2, 0) is 7.05 Å². The van der Waals surface area contributed by atoms with Crippen LogP contribution in [0.5, 0.6) is 0 Å². The monoisotopic (exact) mass is 396 g/mol. The van der Waals surface area contributed by atoms with Gasteiger partial charge in [-0.15, -0.1) is 0 Å². The first-order chi connectivity index (χ1) is 14.6. The van der Waals surface area contributed by atoms with Gasteiger partial charge in [-0.3, -0.25) is 9.48 Å². The fraction of sp³-hybridized carbons (Fsp3) is 0.120. The number of allylic oxidation sites excluding steroid dienone is 1. The summed E-state index contributed by atoms with van der Waals surface area (Å²) in [5.41, 5.74) is 6.54. The van der Waals surface area contributed by atoms with Crippen LogP contribution in [0.2, 0.25) is 0 Å². The van der Waals surface area contributed by atoms with Crippen LogP contribution < -0.4 is 5.32 Å². The number of aryl methyl sites for hydroxylation is 1. The molecule has 150 valence electrons. The Morgan fingerprint density at radius 2 is 2.03 bits per heavy atom. The molecule has 5 heteroatoms. The second kappa shape index (κ2) is 8.25.